The van der Waals surface area contributed by atoms with E-state index < -0.39 is 24.3 Å². The Morgan fingerprint density at radius 2 is 1.57 bits per heavy atom. The van der Waals surface area contributed by atoms with Crippen molar-refractivity contribution in [2.45, 2.75) is 44.5 Å². The summed E-state index contributed by atoms with van der Waals surface area (Å²) < 4.78 is 67.5. The van der Waals surface area contributed by atoms with E-state index >= 15 is 0 Å². The lowest BCUT2D eigenvalue weighted by Gasteiger charge is -2.31. The topological polar surface area (TPSA) is 200 Å². The lowest BCUT2D eigenvalue weighted by Crippen LogP contribution is -2.38. The van der Waals surface area contributed by atoms with E-state index in [0.717, 1.165) is 47.5 Å². The predicted molar refractivity (Wildman–Crippen MR) is 183 cm³/mol. The number of carbonyl (C=O) groups is 4. The summed E-state index contributed by atoms with van der Waals surface area (Å²) in [7, 11) is 0. The maximum absolute atomic E-state index is 13.1. The molecule has 6 bridgehead atoms. The number of alkyl halides is 6. The van der Waals surface area contributed by atoms with Crippen molar-refractivity contribution in [3.05, 3.63) is 76.1 Å². The van der Waals surface area contributed by atoms with Crippen LogP contribution < -0.4 is 16.0 Å². The number of aliphatic carboxylic acids is 2. The number of rotatable bonds is 4. The van der Waals surface area contributed by atoms with Gasteiger partial charge in [-0.2, -0.15) is 31.3 Å². The van der Waals surface area contributed by atoms with Gasteiger partial charge >= 0.3 is 24.3 Å². The molecule has 14 nitrogen and oxygen atoms in total. The van der Waals surface area contributed by atoms with Crippen LogP contribution in [0.3, 0.4) is 0 Å². The first-order chi connectivity index (χ1) is 25.4. The van der Waals surface area contributed by atoms with Gasteiger partial charge in [-0.1, -0.05) is 11.6 Å². The monoisotopic (exact) mass is 802 g/mol. The molecule has 0 spiro atoms. The summed E-state index contributed by atoms with van der Waals surface area (Å²) in [5.41, 5.74) is 4.41. The third kappa shape index (κ3) is 12.3. The summed E-state index contributed by atoms with van der Waals surface area (Å²) >= 11 is 7.59. The number of nitrogens with one attached hydrogen (secondary N) is 3. The Labute approximate surface area is 310 Å². The Hall–Kier alpha value is -5.57. The third-order valence-electron chi connectivity index (χ3n) is 7.63. The number of benzene rings is 1. The molecule has 2 aliphatic heterocycles. The molecule has 54 heavy (non-hydrogen) atoms. The summed E-state index contributed by atoms with van der Waals surface area (Å²) in [4.78, 5) is 59.2. The van der Waals surface area contributed by atoms with E-state index in [4.69, 9.17) is 31.4 Å². The molecule has 1 fully saturated rings. The van der Waals surface area contributed by atoms with Crippen LogP contribution in [0.4, 0.5) is 55.2 Å². The quantitative estimate of drug-likeness (QED) is 0.137. The number of fused-ring (bicyclic) bond motifs is 6. The van der Waals surface area contributed by atoms with Gasteiger partial charge in [0.05, 0.1) is 18.1 Å². The van der Waals surface area contributed by atoms with E-state index in [1.807, 2.05) is 35.4 Å². The molecule has 2 aliphatic rings. The van der Waals surface area contributed by atoms with E-state index in [9.17, 15) is 35.9 Å². The number of nitrogens with zero attached hydrogens (tertiary/aromatic N) is 5. The SMILES string of the molecule is O=C(CC1CCN(C(=O)c2ccns2)CC1)Nc1ccc2cc1CCc1cncc(c1)Nc1ncc(Cl)c(n1)N2.O=C(O)C(F)(F)F.O=C(O)C(F)(F)F. The average molecular weight is 803 g/mol. The minimum atomic E-state index is -5.08. The number of pyridine rings is 1. The van der Waals surface area contributed by atoms with Crippen molar-refractivity contribution in [2.75, 3.05) is 29.0 Å². The Bertz CT molecular complexity index is 1940. The molecule has 1 aromatic carbocycles. The van der Waals surface area contributed by atoms with Crippen molar-refractivity contribution < 1.29 is 55.7 Å². The lowest BCUT2D eigenvalue weighted by molar-refractivity contribution is -0.193. The number of aromatic nitrogens is 4. The molecule has 22 heteroatoms. The van der Waals surface area contributed by atoms with Gasteiger partial charge in [0.2, 0.25) is 11.9 Å². The first kappa shape index (κ1) is 41.2. The van der Waals surface area contributed by atoms with Gasteiger partial charge in [0, 0.05) is 43.3 Å². The maximum atomic E-state index is 13.1. The molecular formula is C32H29ClF6N8O6S. The fourth-order valence-electron chi connectivity index (χ4n) is 5.04. The van der Waals surface area contributed by atoms with Gasteiger partial charge in [0.15, 0.2) is 5.82 Å². The van der Waals surface area contributed by atoms with Gasteiger partial charge in [0.1, 0.15) is 9.90 Å². The third-order valence-corrected chi connectivity index (χ3v) is 8.64. The highest BCUT2D eigenvalue weighted by atomic mass is 35.5. The van der Waals surface area contributed by atoms with Crippen LogP contribution in [0.1, 0.15) is 40.1 Å². The Morgan fingerprint density at radius 3 is 2.19 bits per heavy atom. The predicted octanol–water partition coefficient (Wildman–Crippen LogP) is 6.71. The zero-order valence-corrected chi connectivity index (χ0v) is 29.1. The molecule has 0 aliphatic carbocycles. The summed E-state index contributed by atoms with van der Waals surface area (Å²) in [6, 6.07) is 9.59. The van der Waals surface area contributed by atoms with Crippen LogP contribution in [-0.2, 0) is 27.2 Å². The lowest BCUT2D eigenvalue weighted by atomic mass is 9.93. The van der Waals surface area contributed by atoms with Crippen molar-refractivity contribution >= 4 is 75.7 Å². The van der Waals surface area contributed by atoms with Gasteiger partial charge < -0.3 is 31.1 Å². The highest BCUT2D eigenvalue weighted by Crippen LogP contribution is 2.30. The van der Waals surface area contributed by atoms with Crippen LogP contribution >= 0.6 is 23.1 Å². The molecule has 0 atom stereocenters. The molecule has 4 aromatic rings. The van der Waals surface area contributed by atoms with Crippen LogP contribution in [0, 0.1) is 5.92 Å². The second-order valence-corrected chi connectivity index (χ2v) is 12.8. The molecule has 6 rings (SSSR count). The van der Waals surface area contributed by atoms with Crippen LogP contribution in [-0.4, -0.2) is 83.6 Å². The largest absolute Gasteiger partial charge is 0.490 e. The number of piperidine rings is 1. The highest BCUT2D eigenvalue weighted by molar-refractivity contribution is 7.08. The molecule has 5 N–H and O–H groups in total. The number of hydrogen-bond donors (Lipinski definition) is 5. The Balaban J connectivity index is 0.000000396. The number of halogens is 7. The Kier molecular flexibility index (Phi) is 13.7. The van der Waals surface area contributed by atoms with Crippen LogP contribution in [0.2, 0.25) is 5.02 Å². The fraction of sp³-hybridized carbons (Fsp3) is 0.312. The molecule has 288 valence electrons. The fourth-order valence-corrected chi connectivity index (χ4v) is 5.74. The van der Waals surface area contributed by atoms with Gasteiger partial charge in [-0.25, -0.2) is 18.9 Å². The first-order valence-electron chi connectivity index (χ1n) is 15.6. The van der Waals surface area contributed by atoms with Gasteiger partial charge in [-0.15, -0.1) is 0 Å². The first-order valence-corrected chi connectivity index (χ1v) is 16.8. The molecule has 1 saturated heterocycles. The van der Waals surface area contributed by atoms with Crippen molar-refractivity contribution in [3.8, 4) is 0 Å². The average Bonchev–Trinajstić information content (AvgIpc) is 3.65. The molecule has 3 aromatic heterocycles. The molecule has 0 unspecified atom stereocenters. The smallest absolute Gasteiger partial charge is 0.475 e. The van der Waals surface area contributed by atoms with Crippen molar-refractivity contribution in [2.24, 2.45) is 5.92 Å². The van der Waals surface area contributed by atoms with Gasteiger partial charge in [-0.3, -0.25) is 14.6 Å². The van der Waals surface area contributed by atoms with E-state index in [-0.39, 0.29) is 17.7 Å². The number of carbonyl (C=O) groups excluding carboxylic acids is 2. The second-order valence-electron chi connectivity index (χ2n) is 11.6. The number of carboxylic acids is 2. The van der Waals surface area contributed by atoms with Crippen molar-refractivity contribution in [1.29, 1.82) is 0 Å². The number of aryl methyl sites for hydroxylation is 2. The molecule has 0 radical (unpaired) electrons. The number of carboxylic acid groups (broad SMARTS) is 2. The van der Waals surface area contributed by atoms with Crippen LogP contribution in [0.5, 0.6) is 0 Å². The van der Waals surface area contributed by atoms with E-state index in [1.165, 1.54) is 11.5 Å². The second kappa shape index (κ2) is 18.0. The zero-order valence-electron chi connectivity index (χ0n) is 27.5. The molecular weight excluding hydrogens is 774 g/mol. The van der Waals surface area contributed by atoms with Gasteiger partial charge in [-0.05, 0) is 84.6 Å². The molecule has 0 saturated carbocycles. The summed E-state index contributed by atoms with van der Waals surface area (Å²) in [5.74, 6) is -4.40. The van der Waals surface area contributed by atoms with E-state index in [1.54, 1.807) is 24.7 Å². The summed E-state index contributed by atoms with van der Waals surface area (Å²) in [5, 5.41) is 24.3. The Morgan fingerprint density at radius 1 is 0.907 bits per heavy atom. The number of likely N-dealkylation sites (tertiary alicyclic amines) is 1. The number of anilines is 5. The molecule has 5 heterocycles. The minimum absolute atomic E-state index is 0.0232. The van der Waals surface area contributed by atoms with Crippen LogP contribution in [0.15, 0.2) is 55.1 Å². The normalized spacial score (nSPS) is 14.1. The van der Waals surface area contributed by atoms with Gasteiger partial charge in [0.25, 0.3) is 5.91 Å². The van der Waals surface area contributed by atoms with Crippen molar-refractivity contribution in [1.82, 2.24) is 24.2 Å². The minimum Gasteiger partial charge on any atom is -0.475 e. The van der Waals surface area contributed by atoms with E-state index in [2.05, 4.69) is 35.3 Å². The number of amides is 2. The standard InChI is InChI=1S/C28H27ClN8O2S.2C2HF3O2/c29-22-16-31-28-34-21-11-18(14-30-15-21)1-2-19-13-20(33-26(22)36-28)3-4-23(19)35-25(38)12-17-6-9-37(10-7-17)27(39)24-5-8-32-40-24;2*3-2(4,5)1(6)7/h3-5,8,11,13-17H,1-2,6-7,9-10,12H2,(H,35,38)(H2,31,33,34,36);2*(H,6,7). The number of hydrogen-bond acceptors (Lipinski definition) is 11. The highest BCUT2D eigenvalue weighted by Gasteiger charge is 2.39. The summed E-state index contributed by atoms with van der Waals surface area (Å²) in [6.07, 6.45) is 0.0367. The summed E-state index contributed by atoms with van der Waals surface area (Å²) in [6.45, 7) is 1.30. The van der Waals surface area contributed by atoms with Crippen LogP contribution in [0.25, 0.3) is 0 Å². The van der Waals surface area contributed by atoms with E-state index in [0.29, 0.717) is 47.6 Å². The zero-order chi connectivity index (χ0) is 39.6. The van der Waals surface area contributed by atoms with Crippen molar-refractivity contribution in [3.63, 3.8) is 0 Å². The molecule has 2 amide bonds. The maximum Gasteiger partial charge on any atom is 0.490 e.